The van der Waals surface area contributed by atoms with Crippen LogP contribution in [0.4, 0.5) is 9.18 Å². The van der Waals surface area contributed by atoms with Gasteiger partial charge in [-0.3, -0.25) is 4.79 Å². The van der Waals surface area contributed by atoms with Crippen LogP contribution in [0.5, 0.6) is 5.75 Å². The molecule has 0 saturated carbocycles. The molecule has 7 nitrogen and oxygen atoms in total. The van der Waals surface area contributed by atoms with Crippen LogP contribution in [0.1, 0.15) is 12.6 Å². The highest BCUT2D eigenvalue weighted by Crippen LogP contribution is 2.21. The molecule has 9 heteroatoms. The number of halogens is 2. The first-order chi connectivity index (χ1) is 11.5. The number of aromatic amines is 1. The van der Waals surface area contributed by atoms with Gasteiger partial charge in [-0.05, 0) is 22.4 Å². The minimum absolute atomic E-state index is 0.0172. The predicted octanol–water partition coefficient (Wildman–Crippen LogP) is 1.79. The molecule has 1 amide bonds. The van der Waals surface area contributed by atoms with Crippen LogP contribution in [0.2, 0.25) is 0 Å². The Morgan fingerprint density at radius 1 is 1.46 bits per heavy atom. The van der Waals surface area contributed by atoms with Crippen molar-refractivity contribution in [2.45, 2.75) is 13.3 Å². The summed E-state index contributed by atoms with van der Waals surface area (Å²) < 4.78 is 18.9. The lowest BCUT2D eigenvalue weighted by molar-refractivity contribution is 0.145. The lowest BCUT2D eigenvalue weighted by Gasteiger charge is -2.26. The molecule has 1 aliphatic heterocycles. The van der Waals surface area contributed by atoms with Crippen LogP contribution in [0, 0.1) is 5.82 Å². The van der Waals surface area contributed by atoms with E-state index in [9.17, 15) is 14.0 Å². The molecule has 1 aliphatic rings. The number of hydrogen-bond acceptors (Lipinski definition) is 5. The number of nitrogens with one attached hydrogen (secondary N) is 2. The molecule has 0 atom stereocenters. The summed E-state index contributed by atoms with van der Waals surface area (Å²) in [4.78, 5) is 33.3. The van der Waals surface area contributed by atoms with Gasteiger partial charge in [0.2, 0.25) is 5.75 Å². The van der Waals surface area contributed by atoms with Crippen molar-refractivity contribution in [3.8, 4) is 5.75 Å². The number of rotatable bonds is 2. The number of H-pyrrole nitrogens is 1. The monoisotopic (exact) mass is 398 g/mol. The van der Waals surface area contributed by atoms with E-state index < -0.39 is 17.3 Å². The van der Waals surface area contributed by atoms with Gasteiger partial charge in [-0.1, -0.05) is 6.92 Å². The van der Waals surface area contributed by atoms with Gasteiger partial charge < -0.3 is 19.9 Å². The Labute approximate surface area is 145 Å². The number of carbonyl (C=O) groups excluding carboxylic acids is 1. The van der Waals surface area contributed by atoms with Gasteiger partial charge in [-0.2, -0.15) is 0 Å². The molecular weight excluding hydrogens is 383 g/mol. The number of amides is 1. The van der Waals surface area contributed by atoms with E-state index in [1.165, 1.54) is 11.0 Å². The molecule has 0 aliphatic carbocycles. The normalized spacial score (nSPS) is 14.9. The summed E-state index contributed by atoms with van der Waals surface area (Å²) in [5.41, 5.74) is 0.174. The quantitative estimate of drug-likeness (QED) is 0.753. The fourth-order valence-electron chi connectivity index (χ4n) is 2.55. The summed E-state index contributed by atoms with van der Waals surface area (Å²) in [5.74, 6) is -0.662. The molecule has 0 aromatic carbocycles. The topological polar surface area (TPSA) is 87.3 Å². The molecule has 0 radical (unpaired) electrons. The summed E-state index contributed by atoms with van der Waals surface area (Å²) in [5, 5.41) is 3.14. The Kier molecular flexibility index (Phi) is 4.81. The van der Waals surface area contributed by atoms with Crippen molar-refractivity contribution in [1.82, 2.24) is 20.2 Å². The second-order valence-corrected chi connectivity index (χ2v) is 6.13. The number of aromatic nitrogens is 2. The van der Waals surface area contributed by atoms with Crippen LogP contribution in [0.15, 0.2) is 15.5 Å². The predicted molar refractivity (Wildman–Crippen MR) is 89.9 cm³/mol. The Morgan fingerprint density at radius 3 is 2.83 bits per heavy atom. The number of nitrogens with zero attached hydrogens (tertiary/aromatic N) is 2. The van der Waals surface area contributed by atoms with Crippen LogP contribution in [-0.4, -0.2) is 47.1 Å². The van der Waals surface area contributed by atoms with Crippen LogP contribution < -0.4 is 15.5 Å². The standard InChI is InChI=1S/C15H16BrFN4O3/c1-2-9-13(24-15(23)21-5-3-18-4-6-21)12(22)11-10(19-9)7-8(17)14(16)20-11/h7,18H,2-6H2,1H3,(H,19,22). The molecular formula is C15H16BrFN4O3. The number of aryl methyl sites for hydroxylation is 1. The summed E-state index contributed by atoms with van der Waals surface area (Å²) >= 11 is 2.96. The van der Waals surface area contributed by atoms with Gasteiger partial charge in [0.1, 0.15) is 10.1 Å². The molecule has 2 aromatic heterocycles. The highest BCUT2D eigenvalue weighted by Gasteiger charge is 2.23. The van der Waals surface area contributed by atoms with Crippen LogP contribution in [0.3, 0.4) is 0 Å². The van der Waals surface area contributed by atoms with Crippen LogP contribution >= 0.6 is 15.9 Å². The van der Waals surface area contributed by atoms with Gasteiger partial charge in [0.15, 0.2) is 5.82 Å². The first-order valence-corrected chi connectivity index (χ1v) is 8.39. The maximum Gasteiger partial charge on any atom is 0.415 e. The van der Waals surface area contributed by atoms with E-state index in [4.69, 9.17) is 4.74 Å². The third-order valence-electron chi connectivity index (χ3n) is 3.83. The van der Waals surface area contributed by atoms with E-state index in [0.717, 1.165) is 0 Å². The Balaban J connectivity index is 2.02. The second kappa shape index (κ2) is 6.86. The Morgan fingerprint density at radius 2 is 2.17 bits per heavy atom. The van der Waals surface area contributed by atoms with Crippen molar-refractivity contribution in [1.29, 1.82) is 0 Å². The van der Waals surface area contributed by atoms with E-state index >= 15 is 0 Å². The van der Waals surface area contributed by atoms with Gasteiger partial charge in [-0.25, -0.2) is 14.2 Å². The Hall–Kier alpha value is -2.00. The number of piperazine rings is 1. The summed E-state index contributed by atoms with van der Waals surface area (Å²) in [6.07, 6.45) is -0.148. The molecule has 0 bridgehead atoms. The second-order valence-electron chi connectivity index (χ2n) is 5.38. The third-order valence-corrected chi connectivity index (χ3v) is 4.39. The van der Waals surface area contributed by atoms with E-state index in [1.807, 2.05) is 6.92 Å². The zero-order valence-electron chi connectivity index (χ0n) is 13.0. The largest absolute Gasteiger partial charge is 0.415 e. The summed E-state index contributed by atoms with van der Waals surface area (Å²) in [6.45, 7) is 4.19. The summed E-state index contributed by atoms with van der Waals surface area (Å²) in [7, 11) is 0. The van der Waals surface area contributed by atoms with Crippen molar-refractivity contribution >= 4 is 33.1 Å². The van der Waals surface area contributed by atoms with E-state index in [2.05, 4.69) is 31.2 Å². The van der Waals surface area contributed by atoms with E-state index in [1.54, 1.807) is 0 Å². The third kappa shape index (κ3) is 3.13. The lowest BCUT2D eigenvalue weighted by Crippen LogP contribution is -2.47. The molecule has 0 unspecified atom stereocenters. The van der Waals surface area contributed by atoms with Crippen molar-refractivity contribution in [3.05, 3.63) is 32.4 Å². The number of hydrogen-bond donors (Lipinski definition) is 2. The number of fused-ring (bicyclic) bond motifs is 1. The molecule has 24 heavy (non-hydrogen) atoms. The maximum absolute atomic E-state index is 13.6. The molecule has 2 N–H and O–H groups in total. The van der Waals surface area contributed by atoms with Gasteiger partial charge in [0.05, 0.1) is 11.2 Å². The van der Waals surface area contributed by atoms with E-state index in [0.29, 0.717) is 38.3 Å². The smallest absolute Gasteiger partial charge is 0.404 e. The average Bonchev–Trinajstić information content (AvgIpc) is 2.59. The number of pyridine rings is 2. The molecule has 3 rings (SSSR count). The molecule has 1 fully saturated rings. The fourth-order valence-corrected chi connectivity index (χ4v) is 2.85. The Bertz CT molecular complexity index is 849. The average molecular weight is 399 g/mol. The van der Waals surface area contributed by atoms with Crippen molar-refractivity contribution in [3.63, 3.8) is 0 Å². The minimum Gasteiger partial charge on any atom is -0.404 e. The van der Waals surface area contributed by atoms with Crippen LogP contribution in [0.25, 0.3) is 11.0 Å². The SMILES string of the molecule is CCc1[nH]c2cc(F)c(Br)nc2c(=O)c1OC(=O)N1CCNCC1. The molecule has 0 spiro atoms. The van der Waals surface area contributed by atoms with E-state index in [-0.39, 0.29) is 21.4 Å². The van der Waals surface area contributed by atoms with Gasteiger partial charge in [0.25, 0.3) is 5.43 Å². The van der Waals surface area contributed by atoms with Crippen molar-refractivity contribution in [2.75, 3.05) is 26.2 Å². The maximum atomic E-state index is 13.6. The molecule has 3 heterocycles. The van der Waals surface area contributed by atoms with Crippen molar-refractivity contribution < 1.29 is 13.9 Å². The minimum atomic E-state index is -0.578. The molecule has 2 aromatic rings. The first kappa shape index (κ1) is 16.8. The zero-order chi connectivity index (χ0) is 17.3. The highest BCUT2D eigenvalue weighted by molar-refractivity contribution is 9.10. The molecule has 1 saturated heterocycles. The zero-order valence-corrected chi connectivity index (χ0v) is 14.6. The van der Waals surface area contributed by atoms with Gasteiger partial charge in [-0.15, -0.1) is 0 Å². The van der Waals surface area contributed by atoms with Crippen molar-refractivity contribution in [2.24, 2.45) is 0 Å². The van der Waals surface area contributed by atoms with Gasteiger partial charge >= 0.3 is 6.09 Å². The number of ether oxygens (including phenoxy) is 1. The summed E-state index contributed by atoms with van der Waals surface area (Å²) in [6, 6.07) is 1.19. The van der Waals surface area contributed by atoms with Gasteiger partial charge in [0, 0.05) is 32.2 Å². The fraction of sp³-hybridized carbons (Fsp3) is 0.400. The first-order valence-electron chi connectivity index (χ1n) is 7.59. The molecule has 128 valence electrons. The van der Waals surface area contributed by atoms with Crippen LogP contribution in [-0.2, 0) is 6.42 Å². The highest BCUT2D eigenvalue weighted by atomic mass is 79.9. The number of carbonyl (C=O) groups is 1. The lowest BCUT2D eigenvalue weighted by atomic mass is 10.2.